The number of carboxylic acid groups (broad SMARTS) is 1. The Morgan fingerprint density at radius 2 is 1.14 bits per heavy atom. The average molecular weight is 420 g/mol. The van der Waals surface area contributed by atoms with E-state index in [1.165, 1.54) is 103 Å². The van der Waals surface area contributed by atoms with Gasteiger partial charge < -0.3 is 14.8 Å². The van der Waals surface area contributed by atoms with Crippen LogP contribution < -0.4 is 34.7 Å². The Morgan fingerprint density at radius 3 is 1.59 bits per heavy atom. The number of hydrogen-bond acceptors (Lipinski definition) is 3. The summed E-state index contributed by atoms with van der Waals surface area (Å²) in [5, 5.41) is 10.7. The van der Waals surface area contributed by atoms with Gasteiger partial charge in [0.15, 0.2) is 0 Å². The summed E-state index contributed by atoms with van der Waals surface area (Å²) >= 11 is 0. The molecule has 0 spiro atoms. The first kappa shape index (κ1) is 31.6. The zero-order valence-electron chi connectivity index (χ0n) is 20.5. The Hall–Kier alpha value is 0.430. The van der Waals surface area contributed by atoms with Crippen LogP contribution in [-0.2, 0) is 4.79 Å². The zero-order valence-corrected chi connectivity index (χ0v) is 22.5. The number of nitrogens with zero attached hydrogens (tertiary/aromatic N) is 1. The Balaban J connectivity index is 0. The molecule has 0 aromatic rings. The van der Waals surface area contributed by atoms with Crippen LogP contribution in [-0.4, -0.2) is 30.0 Å². The minimum atomic E-state index is -0.900. The molecule has 0 aliphatic rings. The molecule has 4 heteroatoms. The normalized spacial score (nSPS) is 12.1. The maximum Gasteiger partial charge on any atom is 1.00 e. The van der Waals surface area contributed by atoms with Gasteiger partial charge in [0.1, 0.15) is 0 Å². The summed E-state index contributed by atoms with van der Waals surface area (Å²) in [6.07, 6.45) is 21.9. The van der Waals surface area contributed by atoms with Gasteiger partial charge in [-0.1, -0.05) is 97.8 Å². The zero-order chi connectivity index (χ0) is 20.9. The molecule has 1 atom stereocenters. The second-order valence-corrected chi connectivity index (χ2v) is 8.63. The number of carbonyl (C=O) groups excluding carboxylic acids is 1. The van der Waals surface area contributed by atoms with Crippen LogP contribution in [0.5, 0.6) is 0 Å². The van der Waals surface area contributed by atoms with Crippen LogP contribution in [0.2, 0.25) is 0 Å². The molecule has 0 N–H and O–H groups in total. The standard InChI is InChI=1S/C25H51NO2.Na/c1-4-7-9-11-13-17-22-26(23-18-14-12-10-8-5-2)24(19-6-3)20-15-16-21-25(27)28;/h24H,4-23H2,1-3H3,(H,27,28);/q;+1/p-1. The Bertz CT molecular complexity index is 323. The molecule has 0 saturated heterocycles. The smallest absolute Gasteiger partial charge is 0.550 e. The van der Waals surface area contributed by atoms with Crippen LogP contribution in [0.4, 0.5) is 0 Å². The van der Waals surface area contributed by atoms with E-state index in [4.69, 9.17) is 0 Å². The number of carboxylic acids is 1. The van der Waals surface area contributed by atoms with Crippen LogP contribution in [0, 0.1) is 0 Å². The fraction of sp³-hybridized carbons (Fsp3) is 0.960. The van der Waals surface area contributed by atoms with Gasteiger partial charge in [0, 0.05) is 12.0 Å². The molecule has 0 rings (SSSR count). The third-order valence-electron chi connectivity index (χ3n) is 5.90. The molecule has 0 radical (unpaired) electrons. The van der Waals surface area contributed by atoms with E-state index in [0.29, 0.717) is 6.04 Å². The largest absolute Gasteiger partial charge is 1.00 e. The van der Waals surface area contributed by atoms with Gasteiger partial charge in [-0.05, 0) is 51.6 Å². The molecule has 0 saturated carbocycles. The van der Waals surface area contributed by atoms with Crippen LogP contribution in [0.1, 0.15) is 136 Å². The monoisotopic (exact) mass is 419 g/mol. The maximum atomic E-state index is 10.7. The quantitative estimate of drug-likeness (QED) is 0.199. The number of rotatable bonds is 22. The third kappa shape index (κ3) is 21.4. The van der Waals surface area contributed by atoms with Gasteiger partial charge in [-0.25, -0.2) is 0 Å². The second kappa shape index (κ2) is 24.7. The number of hydrogen-bond donors (Lipinski definition) is 0. The molecular formula is C25H50NNaO2. The average Bonchev–Trinajstić information content (AvgIpc) is 2.68. The predicted octanol–water partition coefficient (Wildman–Crippen LogP) is 3.49. The molecule has 0 aliphatic heterocycles. The molecule has 0 heterocycles. The van der Waals surface area contributed by atoms with E-state index in [2.05, 4.69) is 25.7 Å². The van der Waals surface area contributed by atoms with Gasteiger partial charge in [0.25, 0.3) is 0 Å². The predicted molar refractivity (Wildman–Crippen MR) is 120 cm³/mol. The van der Waals surface area contributed by atoms with Crippen molar-refractivity contribution in [2.45, 2.75) is 142 Å². The van der Waals surface area contributed by atoms with Crippen molar-refractivity contribution in [2.24, 2.45) is 0 Å². The molecular weight excluding hydrogens is 369 g/mol. The molecule has 3 nitrogen and oxygen atoms in total. The summed E-state index contributed by atoms with van der Waals surface area (Å²) in [5.74, 6) is -0.900. The van der Waals surface area contributed by atoms with E-state index in [9.17, 15) is 9.90 Å². The molecule has 29 heavy (non-hydrogen) atoms. The molecule has 0 aliphatic carbocycles. The van der Waals surface area contributed by atoms with Crippen molar-refractivity contribution in [3.8, 4) is 0 Å². The molecule has 0 fully saturated rings. The summed E-state index contributed by atoms with van der Waals surface area (Å²) in [6.45, 7) is 9.29. The SMILES string of the molecule is CCCCCCCCN(CCCCCCCC)C(CCC)CCCCC(=O)[O-].[Na+]. The number of unbranched alkanes of at least 4 members (excludes halogenated alkanes) is 11. The van der Waals surface area contributed by atoms with Crippen molar-refractivity contribution in [1.29, 1.82) is 0 Å². The molecule has 0 aromatic heterocycles. The van der Waals surface area contributed by atoms with Crippen LogP contribution in [0.3, 0.4) is 0 Å². The molecule has 0 amide bonds. The second-order valence-electron chi connectivity index (χ2n) is 8.63. The van der Waals surface area contributed by atoms with Gasteiger partial charge in [-0.3, -0.25) is 0 Å². The third-order valence-corrected chi connectivity index (χ3v) is 5.90. The van der Waals surface area contributed by atoms with Gasteiger partial charge in [0.05, 0.1) is 0 Å². The summed E-state index contributed by atoms with van der Waals surface area (Å²) in [7, 11) is 0. The summed E-state index contributed by atoms with van der Waals surface area (Å²) in [4.78, 5) is 13.4. The number of aliphatic carboxylic acids is 1. The molecule has 1 unspecified atom stereocenters. The molecule has 0 aromatic carbocycles. The van der Waals surface area contributed by atoms with Crippen LogP contribution >= 0.6 is 0 Å². The van der Waals surface area contributed by atoms with Crippen molar-refractivity contribution in [3.05, 3.63) is 0 Å². The summed E-state index contributed by atoms with van der Waals surface area (Å²) in [6, 6.07) is 0.637. The summed E-state index contributed by atoms with van der Waals surface area (Å²) in [5.41, 5.74) is 0. The van der Waals surface area contributed by atoms with Crippen LogP contribution in [0.25, 0.3) is 0 Å². The van der Waals surface area contributed by atoms with Crippen molar-refractivity contribution in [1.82, 2.24) is 4.90 Å². The Kier molecular flexibility index (Phi) is 26.9. The minimum Gasteiger partial charge on any atom is -0.550 e. The van der Waals surface area contributed by atoms with Gasteiger partial charge >= 0.3 is 29.6 Å². The topological polar surface area (TPSA) is 43.4 Å². The summed E-state index contributed by atoms with van der Waals surface area (Å²) < 4.78 is 0. The molecule has 168 valence electrons. The Labute approximate surface area is 205 Å². The van der Waals surface area contributed by atoms with Crippen LogP contribution in [0.15, 0.2) is 0 Å². The van der Waals surface area contributed by atoms with E-state index in [1.54, 1.807) is 0 Å². The fourth-order valence-electron chi connectivity index (χ4n) is 4.16. The minimum absolute atomic E-state index is 0. The van der Waals surface area contributed by atoms with E-state index in [0.717, 1.165) is 19.3 Å². The fourth-order valence-corrected chi connectivity index (χ4v) is 4.16. The van der Waals surface area contributed by atoms with Crippen molar-refractivity contribution >= 4 is 5.97 Å². The van der Waals surface area contributed by atoms with Gasteiger partial charge in [0.2, 0.25) is 0 Å². The van der Waals surface area contributed by atoms with E-state index in [1.807, 2.05) is 0 Å². The van der Waals surface area contributed by atoms with Crippen molar-refractivity contribution in [3.63, 3.8) is 0 Å². The Morgan fingerprint density at radius 1 is 0.655 bits per heavy atom. The van der Waals surface area contributed by atoms with E-state index in [-0.39, 0.29) is 36.0 Å². The first-order valence-electron chi connectivity index (χ1n) is 12.6. The molecule has 0 bridgehead atoms. The van der Waals surface area contributed by atoms with Crippen molar-refractivity contribution < 1.29 is 39.5 Å². The van der Waals surface area contributed by atoms with Crippen molar-refractivity contribution in [2.75, 3.05) is 13.1 Å². The first-order valence-corrected chi connectivity index (χ1v) is 12.6. The number of carbonyl (C=O) groups is 1. The van der Waals surface area contributed by atoms with E-state index < -0.39 is 5.97 Å². The first-order chi connectivity index (χ1) is 13.7. The van der Waals surface area contributed by atoms with Gasteiger partial charge in [-0.15, -0.1) is 0 Å². The van der Waals surface area contributed by atoms with E-state index >= 15 is 0 Å². The maximum absolute atomic E-state index is 10.7. The van der Waals surface area contributed by atoms with Gasteiger partial charge in [-0.2, -0.15) is 0 Å².